The maximum atomic E-state index is 13.1. The van der Waals surface area contributed by atoms with Crippen molar-refractivity contribution >= 4 is 15.9 Å². The first-order valence-corrected chi connectivity index (χ1v) is 7.78. The minimum Gasteiger partial charge on any atom is -0.310 e. The van der Waals surface area contributed by atoms with E-state index < -0.39 is 0 Å². The van der Waals surface area contributed by atoms with Crippen molar-refractivity contribution in [2.24, 2.45) is 0 Å². The third-order valence-corrected chi connectivity index (χ3v) is 4.37. The number of fused-ring (bicyclic) bond motifs is 1. The maximum Gasteiger partial charge on any atom is 0.123 e. The van der Waals surface area contributed by atoms with Gasteiger partial charge in [0, 0.05) is 10.5 Å². The number of aryl methyl sites for hydroxylation is 1. The highest BCUT2D eigenvalue weighted by Crippen LogP contribution is 2.32. The number of hydrogen-bond acceptors (Lipinski definition) is 1. The van der Waals surface area contributed by atoms with Crippen LogP contribution < -0.4 is 5.32 Å². The standard InChI is InChI=1S/C17H17BrFN/c18-14-5-6-16-13(11-14)4-7-17(16)20-9-8-12-2-1-3-15(19)10-12/h1-3,5-6,10-11,17,20H,4,7-9H2. The molecule has 1 unspecified atom stereocenters. The molecular formula is C17H17BrFN. The average molecular weight is 334 g/mol. The Bertz CT molecular complexity index is 612. The van der Waals surface area contributed by atoms with Gasteiger partial charge in [-0.1, -0.05) is 34.1 Å². The summed E-state index contributed by atoms with van der Waals surface area (Å²) in [4.78, 5) is 0. The Balaban J connectivity index is 1.58. The lowest BCUT2D eigenvalue weighted by Gasteiger charge is -2.14. The van der Waals surface area contributed by atoms with Crippen molar-refractivity contribution in [1.82, 2.24) is 5.32 Å². The van der Waals surface area contributed by atoms with Gasteiger partial charge in [-0.2, -0.15) is 0 Å². The van der Waals surface area contributed by atoms with Crippen molar-refractivity contribution in [3.05, 3.63) is 69.4 Å². The molecule has 0 amide bonds. The molecule has 2 aromatic carbocycles. The third-order valence-electron chi connectivity index (χ3n) is 3.88. The summed E-state index contributed by atoms with van der Waals surface area (Å²) < 4.78 is 14.3. The molecule has 0 heterocycles. The van der Waals surface area contributed by atoms with Crippen LogP contribution in [0.3, 0.4) is 0 Å². The lowest BCUT2D eigenvalue weighted by Crippen LogP contribution is -2.21. The van der Waals surface area contributed by atoms with Gasteiger partial charge < -0.3 is 5.32 Å². The average Bonchev–Trinajstić information content (AvgIpc) is 2.81. The van der Waals surface area contributed by atoms with Crippen LogP contribution in [0.5, 0.6) is 0 Å². The molecule has 0 bridgehead atoms. The van der Waals surface area contributed by atoms with Crippen molar-refractivity contribution < 1.29 is 4.39 Å². The van der Waals surface area contributed by atoms with Crippen LogP contribution in [0.4, 0.5) is 4.39 Å². The summed E-state index contributed by atoms with van der Waals surface area (Å²) in [5, 5.41) is 3.59. The molecule has 0 radical (unpaired) electrons. The van der Waals surface area contributed by atoms with Crippen LogP contribution in [0.15, 0.2) is 46.9 Å². The van der Waals surface area contributed by atoms with E-state index in [2.05, 4.69) is 39.4 Å². The van der Waals surface area contributed by atoms with Crippen molar-refractivity contribution in [3.63, 3.8) is 0 Å². The summed E-state index contributed by atoms with van der Waals surface area (Å²) in [5.41, 5.74) is 3.89. The van der Waals surface area contributed by atoms with E-state index in [-0.39, 0.29) is 5.82 Å². The second-order valence-electron chi connectivity index (χ2n) is 5.27. The zero-order chi connectivity index (χ0) is 13.9. The van der Waals surface area contributed by atoms with Crippen LogP contribution >= 0.6 is 15.9 Å². The van der Waals surface area contributed by atoms with E-state index in [9.17, 15) is 4.39 Å². The summed E-state index contributed by atoms with van der Waals surface area (Å²) in [6, 6.07) is 13.8. The van der Waals surface area contributed by atoms with Crippen molar-refractivity contribution in [2.75, 3.05) is 6.54 Å². The Labute approximate surface area is 127 Å². The largest absolute Gasteiger partial charge is 0.310 e. The van der Waals surface area contributed by atoms with Gasteiger partial charge in [-0.05, 0) is 66.8 Å². The number of hydrogen-bond donors (Lipinski definition) is 1. The molecule has 104 valence electrons. The molecule has 0 fully saturated rings. The molecule has 3 rings (SSSR count). The van der Waals surface area contributed by atoms with Crippen LogP contribution in [-0.4, -0.2) is 6.54 Å². The second-order valence-corrected chi connectivity index (χ2v) is 6.18. The lowest BCUT2D eigenvalue weighted by atomic mass is 10.1. The SMILES string of the molecule is Fc1cccc(CCNC2CCc3cc(Br)ccc32)c1. The van der Waals surface area contributed by atoms with Gasteiger partial charge in [0.2, 0.25) is 0 Å². The number of benzene rings is 2. The first kappa shape index (κ1) is 13.8. The molecule has 1 aliphatic rings. The topological polar surface area (TPSA) is 12.0 Å². The van der Waals surface area contributed by atoms with Crippen LogP contribution in [0, 0.1) is 5.82 Å². The maximum absolute atomic E-state index is 13.1. The highest BCUT2D eigenvalue weighted by atomic mass is 79.9. The molecule has 2 aromatic rings. The minimum absolute atomic E-state index is 0.154. The van der Waals surface area contributed by atoms with E-state index in [1.807, 2.05) is 6.07 Å². The fourth-order valence-corrected chi connectivity index (χ4v) is 3.29. The van der Waals surface area contributed by atoms with E-state index in [1.54, 1.807) is 12.1 Å². The van der Waals surface area contributed by atoms with Crippen LogP contribution in [-0.2, 0) is 12.8 Å². The van der Waals surface area contributed by atoms with Gasteiger partial charge in [-0.25, -0.2) is 4.39 Å². The van der Waals surface area contributed by atoms with Crippen molar-refractivity contribution in [2.45, 2.75) is 25.3 Å². The molecule has 3 heteroatoms. The van der Waals surface area contributed by atoms with E-state index >= 15 is 0 Å². The van der Waals surface area contributed by atoms with Gasteiger partial charge >= 0.3 is 0 Å². The first-order valence-electron chi connectivity index (χ1n) is 6.98. The third kappa shape index (κ3) is 3.10. The summed E-state index contributed by atoms with van der Waals surface area (Å²) in [7, 11) is 0. The summed E-state index contributed by atoms with van der Waals surface area (Å²) in [6.07, 6.45) is 3.14. The van der Waals surface area contributed by atoms with Crippen LogP contribution in [0.1, 0.15) is 29.2 Å². The van der Waals surface area contributed by atoms with Crippen LogP contribution in [0.2, 0.25) is 0 Å². The van der Waals surface area contributed by atoms with Crippen molar-refractivity contribution in [3.8, 4) is 0 Å². The Kier molecular flexibility index (Phi) is 4.18. The van der Waals surface area contributed by atoms with Gasteiger partial charge in [0.15, 0.2) is 0 Å². The molecule has 0 saturated carbocycles. The molecule has 1 N–H and O–H groups in total. The normalized spacial score (nSPS) is 17.2. The predicted molar refractivity (Wildman–Crippen MR) is 83.3 cm³/mol. The zero-order valence-corrected chi connectivity index (χ0v) is 12.8. The van der Waals surface area contributed by atoms with Gasteiger partial charge in [-0.3, -0.25) is 0 Å². The highest BCUT2D eigenvalue weighted by Gasteiger charge is 2.21. The molecule has 1 atom stereocenters. The second kappa shape index (κ2) is 6.06. The number of halogens is 2. The van der Waals surface area contributed by atoms with Crippen LogP contribution in [0.25, 0.3) is 0 Å². The fraction of sp³-hybridized carbons (Fsp3) is 0.294. The predicted octanol–water partition coefficient (Wildman–Crippen LogP) is 4.41. The zero-order valence-electron chi connectivity index (χ0n) is 11.2. The van der Waals surface area contributed by atoms with Crippen molar-refractivity contribution in [1.29, 1.82) is 0 Å². The molecule has 0 saturated heterocycles. The van der Waals surface area contributed by atoms with Gasteiger partial charge in [0.25, 0.3) is 0 Å². The molecule has 0 aliphatic heterocycles. The Morgan fingerprint density at radius 1 is 1.20 bits per heavy atom. The van der Waals surface area contributed by atoms with Gasteiger partial charge in [0.1, 0.15) is 5.82 Å². The monoisotopic (exact) mass is 333 g/mol. The lowest BCUT2D eigenvalue weighted by molar-refractivity contribution is 0.533. The van der Waals surface area contributed by atoms with Gasteiger partial charge in [-0.15, -0.1) is 0 Å². The minimum atomic E-state index is -0.154. The Morgan fingerprint density at radius 3 is 2.95 bits per heavy atom. The summed E-state index contributed by atoms with van der Waals surface area (Å²) >= 11 is 3.52. The highest BCUT2D eigenvalue weighted by molar-refractivity contribution is 9.10. The number of rotatable bonds is 4. The van der Waals surface area contributed by atoms with E-state index in [1.165, 1.54) is 17.2 Å². The smallest absolute Gasteiger partial charge is 0.123 e. The molecule has 20 heavy (non-hydrogen) atoms. The first-order chi connectivity index (χ1) is 9.72. The van der Waals surface area contributed by atoms with E-state index in [0.717, 1.165) is 35.8 Å². The fourth-order valence-electron chi connectivity index (χ4n) is 2.88. The van der Waals surface area contributed by atoms with E-state index in [0.29, 0.717) is 6.04 Å². The molecule has 0 spiro atoms. The molecule has 0 aromatic heterocycles. The Hall–Kier alpha value is -1.19. The molecule has 1 nitrogen and oxygen atoms in total. The van der Waals surface area contributed by atoms with Gasteiger partial charge in [0.05, 0.1) is 0 Å². The summed E-state index contributed by atoms with van der Waals surface area (Å²) in [6.45, 7) is 0.879. The summed E-state index contributed by atoms with van der Waals surface area (Å²) in [5.74, 6) is -0.154. The quantitative estimate of drug-likeness (QED) is 0.873. The number of nitrogens with one attached hydrogen (secondary N) is 1. The molecule has 1 aliphatic carbocycles. The molecular weight excluding hydrogens is 317 g/mol. The Morgan fingerprint density at radius 2 is 2.10 bits per heavy atom. The van der Waals surface area contributed by atoms with E-state index in [4.69, 9.17) is 0 Å².